The summed E-state index contributed by atoms with van der Waals surface area (Å²) in [7, 11) is 0. The van der Waals surface area contributed by atoms with Gasteiger partial charge in [-0.05, 0) is 61.4 Å². The van der Waals surface area contributed by atoms with Crippen LogP contribution in [0.3, 0.4) is 0 Å². The van der Waals surface area contributed by atoms with E-state index in [-0.39, 0.29) is 11.5 Å². The molecule has 2 N–H and O–H groups in total. The number of para-hydroxylation sites is 1. The highest BCUT2D eigenvalue weighted by atomic mass is 19.1. The second-order valence-corrected chi connectivity index (χ2v) is 6.23. The largest absolute Gasteiger partial charge is 0.322 e. The van der Waals surface area contributed by atoms with Crippen molar-refractivity contribution in [2.45, 2.75) is 13.8 Å². The van der Waals surface area contributed by atoms with Gasteiger partial charge in [-0.1, -0.05) is 30.3 Å². The molecule has 3 rings (SSSR count). The van der Waals surface area contributed by atoms with Gasteiger partial charge in [0, 0.05) is 5.69 Å². The standard InChI is InChI=1S/C22H19FN2O2/c1-14-11-12-16(13-15(14)2)24-22(27)18-8-4-6-10-20(18)25-21(26)17-7-3-5-9-19(17)23/h3-13H,1-2H3,(H,24,27)(H,25,26). The van der Waals surface area contributed by atoms with Crippen LogP contribution in [0.15, 0.2) is 66.7 Å². The van der Waals surface area contributed by atoms with E-state index < -0.39 is 11.7 Å². The summed E-state index contributed by atoms with van der Waals surface area (Å²) in [6.07, 6.45) is 0. The van der Waals surface area contributed by atoms with E-state index in [2.05, 4.69) is 10.6 Å². The number of nitrogens with one attached hydrogen (secondary N) is 2. The van der Waals surface area contributed by atoms with Gasteiger partial charge in [-0.3, -0.25) is 9.59 Å². The minimum atomic E-state index is -0.618. The van der Waals surface area contributed by atoms with Gasteiger partial charge in [0.1, 0.15) is 5.82 Å². The molecule has 0 heterocycles. The number of carbonyl (C=O) groups is 2. The van der Waals surface area contributed by atoms with Crippen molar-refractivity contribution in [2.24, 2.45) is 0 Å². The Hall–Kier alpha value is -3.47. The van der Waals surface area contributed by atoms with Crippen LogP contribution in [0, 0.1) is 19.7 Å². The van der Waals surface area contributed by atoms with E-state index in [0.717, 1.165) is 11.1 Å². The summed E-state index contributed by atoms with van der Waals surface area (Å²) in [6, 6.07) is 17.9. The molecule has 0 aromatic heterocycles. The van der Waals surface area contributed by atoms with E-state index >= 15 is 0 Å². The first kappa shape index (κ1) is 18.3. The van der Waals surface area contributed by atoms with Gasteiger partial charge in [-0.25, -0.2) is 4.39 Å². The average Bonchev–Trinajstić information content (AvgIpc) is 2.65. The van der Waals surface area contributed by atoms with Gasteiger partial charge in [0.2, 0.25) is 0 Å². The second kappa shape index (κ2) is 7.83. The summed E-state index contributed by atoms with van der Waals surface area (Å²) < 4.78 is 13.8. The van der Waals surface area contributed by atoms with Crippen LogP contribution in [-0.2, 0) is 0 Å². The molecule has 2 amide bonds. The number of hydrogen-bond acceptors (Lipinski definition) is 2. The quantitative estimate of drug-likeness (QED) is 0.690. The van der Waals surface area contributed by atoms with E-state index in [0.29, 0.717) is 16.9 Å². The van der Waals surface area contributed by atoms with E-state index in [1.165, 1.54) is 18.2 Å². The fraction of sp³-hybridized carbons (Fsp3) is 0.0909. The minimum Gasteiger partial charge on any atom is -0.322 e. The lowest BCUT2D eigenvalue weighted by molar-refractivity contribution is 0.102. The fourth-order valence-corrected chi connectivity index (χ4v) is 2.64. The van der Waals surface area contributed by atoms with Gasteiger partial charge in [-0.2, -0.15) is 0 Å². The fourth-order valence-electron chi connectivity index (χ4n) is 2.64. The van der Waals surface area contributed by atoms with Crippen molar-refractivity contribution in [2.75, 3.05) is 10.6 Å². The second-order valence-electron chi connectivity index (χ2n) is 6.23. The van der Waals surface area contributed by atoms with E-state index in [1.807, 2.05) is 32.0 Å². The predicted molar refractivity (Wildman–Crippen MR) is 105 cm³/mol. The molecule has 0 fully saturated rings. The molecule has 0 atom stereocenters. The maximum atomic E-state index is 13.8. The molecular weight excluding hydrogens is 343 g/mol. The number of carbonyl (C=O) groups excluding carboxylic acids is 2. The summed E-state index contributed by atoms with van der Waals surface area (Å²) in [5.41, 5.74) is 3.38. The van der Waals surface area contributed by atoms with Gasteiger partial charge >= 0.3 is 0 Å². The van der Waals surface area contributed by atoms with Crippen LogP contribution in [0.25, 0.3) is 0 Å². The normalized spacial score (nSPS) is 10.3. The lowest BCUT2D eigenvalue weighted by atomic mass is 10.1. The van der Waals surface area contributed by atoms with Crippen LogP contribution < -0.4 is 10.6 Å². The lowest BCUT2D eigenvalue weighted by Gasteiger charge is -2.12. The lowest BCUT2D eigenvalue weighted by Crippen LogP contribution is -2.19. The van der Waals surface area contributed by atoms with E-state index in [1.54, 1.807) is 30.3 Å². The number of amides is 2. The Labute approximate surface area is 157 Å². The van der Waals surface area contributed by atoms with Crippen LogP contribution in [0.5, 0.6) is 0 Å². The van der Waals surface area contributed by atoms with Gasteiger partial charge in [0.25, 0.3) is 11.8 Å². The maximum Gasteiger partial charge on any atom is 0.258 e. The molecule has 0 aliphatic carbocycles. The highest BCUT2D eigenvalue weighted by Crippen LogP contribution is 2.20. The highest BCUT2D eigenvalue weighted by Gasteiger charge is 2.16. The third kappa shape index (κ3) is 4.20. The molecule has 0 bridgehead atoms. The molecule has 0 spiro atoms. The van der Waals surface area contributed by atoms with Crippen molar-refractivity contribution >= 4 is 23.2 Å². The molecule has 4 nitrogen and oxygen atoms in total. The van der Waals surface area contributed by atoms with Crippen LogP contribution in [0.4, 0.5) is 15.8 Å². The third-order valence-electron chi connectivity index (χ3n) is 4.30. The van der Waals surface area contributed by atoms with Gasteiger partial charge < -0.3 is 10.6 Å². The maximum absolute atomic E-state index is 13.8. The van der Waals surface area contributed by atoms with Gasteiger partial charge in [0.15, 0.2) is 0 Å². The monoisotopic (exact) mass is 362 g/mol. The zero-order chi connectivity index (χ0) is 19.4. The molecule has 0 saturated heterocycles. The van der Waals surface area contributed by atoms with Crippen molar-refractivity contribution in [3.05, 3.63) is 94.8 Å². The Kier molecular flexibility index (Phi) is 5.31. The first-order valence-electron chi connectivity index (χ1n) is 8.49. The summed E-state index contributed by atoms with van der Waals surface area (Å²) in [5, 5.41) is 5.44. The van der Waals surface area contributed by atoms with E-state index in [9.17, 15) is 14.0 Å². The molecule has 3 aromatic rings. The molecule has 0 saturated carbocycles. The van der Waals surface area contributed by atoms with Crippen LogP contribution >= 0.6 is 0 Å². The first-order chi connectivity index (χ1) is 13.0. The molecule has 0 radical (unpaired) electrons. The molecule has 27 heavy (non-hydrogen) atoms. The molecule has 136 valence electrons. The number of anilines is 2. The molecule has 0 aliphatic heterocycles. The smallest absolute Gasteiger partial charge is 0.258 e. The number of hydrogen-bond donors (Lipinski definition) is 2. The Morgan fingerprint density at radius 1 is 0.741 bits per heavy atom. The molecule has 0 aliphatic rings. The molecule has 5 heteroatoms. The Bertz CT molecular complexity index is 1010. The van der Waals surface area contributed by atoms with Crippen LogP contribution in [-0.4, -0.2) is 11.8 Å². The van der Waals surface area contributed by atoms with Crippen molar-refractivity contribution in [1.29, 1.82) is 0 Å². The molecular formula is C22H19FN2O2. The van der Waals surface area contributed by atoms with Crippen molar-refractivity contribution in [3.63, 3.8) is 0 Å². The highest BCUT2D eigenvalue weighted by molar-refractivity contribution is 6.12. The third-order valence-corrected chi connectivity index (χ3v) is 4.30. The van der Waals surface area contributed by atoms with Crippen molar-refractivity contribution in [3.8, 4) is 0 Å². The van der Waals surface area contributed by atoms with Crippen molar-refractivity contribution in [1.82, 2.24) is 0 Å². The zero-order valence-electron chi connectivity index (χ0n) is 15.0. The first-order valence-corrected chi connectivity index (χ1v) is 8.49. The zero-order valence-corrected chi connectivity index (χ0v) is 15.0. The van der Waals surface area contributed by atoms with Gasteiger partial charge in [0.05, 0.1) is 16.8 Å². The molecule has 3 aromatic carbocycles. The summed E-state index contributed by atoms with van der Waals surface area (Å²) in [6.45, 7) is 3.96. The average molecular weight is 362 g/mol. The van der Waals surface area contributed by atoms with Gasteiger partial charge in [-0.15, -0.1) is 0 Å². The summed E-state index contributed by atoms with van der Waals surface area (Å²) in [5.74, 6) is -1.59. The summed E-state index contributed by atoms with van der Waals surface area (Å²) in [4.78, 5) is 25.0. The number of benzene rings is 3. The van der Waals surface area contributed by atoms with Crippen LogP contribution in [0.1, 0.15) is 31.8 Å². The Balaban J connectivity index is 1.83. The number of aryl methyl sites for hydroxylation is 2. The number of rotatable bonds is 4. The summed E-state index contributed by atoms with van der Waals surface area (Å²) >= 11 is 0. The minimum absolute atomic E-state index is 0.0816. The van der Waals surface area contributed by atoms with E-state index in [4.69, 9.17) is 0 Å². The number of halogens is 1. The Morgan fingerprint density at radius 3 is 2.07 bits per heavy atom. The molecule has 0 unspecified atom stereocenters. The SMILES string of the molecule is Cc1ccc(NC(=O)c2ccccc2NC(=O)c2ccccc2F)cc1C. The van der Waals surface area contributed by atoms with Crippen molar-refractivity contribution < 1.29 is 14.0 Å². The Morgan fingerprint density at radius 2 is 1.37 bits per heavy atom. The predicted octanol–water partition coefficient (Wildman–Crippen LogP) is 4.95. The topological polar surface area (TPSA) is 58.2 Å². The van der Waals surface area contributed by atoms with Crippen LogP contribution in [0.2, 0.25) is 0 Å².